The van der Waals surface area contributed by atoms with Gasteiger partial charge in [-0.15, -0.1) is 0 Å². The van der Waals surface area contributed by atoms with Crippen molar-refractivity contribution >= 4 is 5.78 Å². The molecule has 0 atom stereocenters. The monoisotopic (exact) mass is 252 g/mol. The van der Waals surface area contributed by atoms with Gasteiger partial charge in [0.1, 0.15) is 11.5 Å². The number of carbonyl (C=O) groups excluding carboxylic acids is 1. The van der Waals surface area contributed by atoms with E-state index in [2.05, 4.69) is 6.92 Å². The Balaban J connectivity index is 2.47. The summed E-state index contributed by atoms with van der Waals surface area (Å²) in [7, 11) is 0. The highest BCUT2D eigenvalue weighted by Gasteiger charge is 2.15. The molecule has 4 heteroatoms. The zero-order chi connectivity index (χ0) is 13.4. The summed E-state index contributed by atoms with van der Waals surface area (Å²) < 4.78 is 5.41. The zero-order valence-electron chi connectivity index (χ0n) is 11.2. The van der Waals surface area contributed by atoms with E-state index in [1.807, 2.05) is 0 Å². The van der Waals surface area contributed by atoms with Crippen LogP contribution >= 0.6 is 0 Å². The first-order chi connectivity index (χ1) is 8.72. The van der Waals surface area contributed by atoms with E-state index in [-0.39, 0.29) is 12.3 Å². The average molecular weight is 252 g/mol. The summed E-state index contributed by atoms with van der Waals surface area (Å²) in [6.45, 7) is 2.73. The third-order valence-electron chi connectivity index (χ3n) is 3.05. The van der Waals surface area contributed by atoms with Gasteiger partial charge >= 0.3 is 0 Å². The lowest BCUT2D eigenvalue weighted by Gasteiger charge is -2.00. The van der Waals surface area contributed by atoms with Crippen molar-refractivity contribution in [3.05, 3.63) is 23.2 Å². The first kappa shape index (κ1) is 14.9. The molecule has 0 aliphatic carbocycles. The molecule has 0 saturated heterocycles. The van der Waals surface area contributed by atoms with Crippen LogP contribution in [-0.4, -0.2) is 5.78 Å². The first-order valence-electron chi connectivity index (χ1n) is 6.77. The molecule has 0 aromatic carbocycles. The Morgan fingerprint density at radius 2 is 1.89 bits per heavy atom. The van der Waals surface area contributed by atoms with Crippen molar-refractivity contribution < 1.29 is 9.21 Å². The molecular weight excluding hydrogens is 228 g/mol. The molecular formula is C14H24N2O2. The maximum atomic E-state index is 12.0. The fraction of sp³-hybridized carbons (Fsp3) is 0.643. The predicted molar refractivity (Wildman–Crippen MR) is 72.2 cm³/mol. The second kappa shape index (κ2) is 8.06. The number of hydrogen-bond donors (Lipinski definition) is 2. The van der Waals surface area contributed by atoms with Crippen molar-refractivity contribution in [3.63, 3.8) is 0 Å². The molecule has 1 aromatic heterocycles. The molecule has 0 unspecified atom stereocenters. The van der Waals surface area contributed by atoms with Gasteiger partial charge in [-0.3, -0.25) is 4.79 Å². The topological polar surface area (TPSA) is 82.2 Å². The van der Waals surface area contributed by atoms with E-state index in [1.165, 1.54) is 19.3 Å². The fourth-order valence-corrected chi connectivity index (χ4v) is 2.00. The van der Waals surface area contributed by atoms with Gasteiger partial charge in [-0.2, -0.15) is 0 Å². The number of carbonyl (C=O) groups is 1. The summed E-state index contributed by atoms with van der Waals surface area (Å²) in [5.41, 5.74) is 11.7. The third kappa shape index (κ3) is 4.27. The number of nitrogens with two attached hydrogens (primary N) is 2. The van der Waals surface area contributed by atoms with E-state index in [0.29, 0.717) is 30.0 Å². The highest BCUT2D eigenvalue weighted by Crippen LogP contribution is 2.18. The lowest BCUT2D eigenvalue weighted by atomic mass is 10.0. The molecule has 0 aliphatic heterocycles. The molecule has 4 nitrogen and oxygen atoms in total. The van der Waals surface area contributed by atoms with Crippen LogP contribution in [0.3, 0.4) is 0 Å². The fourth-order valence-electron chi connectivity index (χ4n) is 2.00. The molecule has 1 rings (SSSR count). The number of furan rings is 1. The summed E-state index contributed by atoms with van der Waals surface area (Å²) in [5, 5.41) is 0. The van der Waals surface area contributed by atoms with Crippen molar-refractivity contribution in [1.29, 1.82) is 0 Å². The predicted octanol–water partition coefficient (Wildman–Crippen LogP) is 2.74. The van der Waals surface area contributed by atoms with Gasteiger partial charge < -0.3 is 15.9 Å². The van der Waals surface area contributed by atoms with Crippen molar-refractivity contribution in [1.82, 2.24) is 0 Å². The van der Waals surface area contributed by atoms with E-state index < -0.39 is 0 Å². The maximum Gasteiger partial charge on any atom is 0.166 e. The summed E-state index contributed by atoms with van der Waals surface area (Å²) in [6.07, 6.45) is 6.27. The van der Waals surface area contributed by atoms with Crippen LogP contribution in [0.25, 0.3) is 0 Å². The van der Waals surface area contributed by atoms with Gasteiger partial charge in [0.05, 0.1) is 18.7 Å². The minimum atomic E-state index is 0.121. The van der Waals surface area contributed by atoms with Crippen molar-refractivity contribution in [2.24, 2.45) is 11.5 Å². The van der Waals surface area contributed by atoms with Crippen LogP contribution < -0.4 is 11.5 Å². The first-order valence-corrected chi connectivity index (χ1v) is 6.77. The minimum absolute atomic E-state index is 0.121. The SMILES string of the molecule is CCCCCCCC(=O)c1cc(CN)oc1CN. The Morgan fingerprint density at radius 1 is 1.17 bits per heavy atom. The van der Waals surface area contributed by atoms with E-state index in [9.17, 15) is 4.79 Å². The van der Waals surface area contributed by atoms with E-state index >= 15 is 0 Å². The Hall–Kier alpha value is -1.13. The van der Waals surface area contributed by atoms with Crippen LogP contribution in [0.4, 0.5) is 0 Å². The second-order valence-corrected chi connectivity index (χ2v) is 4.55. The molecule has 0 spiro atoms. The van der Waals surface area contributed by atoms with Crippen LogP contribution in [0.5, 0.6) is 0 Å². The summed E-state index contributed by atoms with van der Waals surface area (Å²) in [6, 6.07) is 1.73. The normalized spacial score (nSPS) is 10.8. The van der Waals surface area contributed by atoms with E-state index in [0.717, 1.165) is 12.8 Å². The zero-order valence-corrected chi connectivity index (χ0v) is 11.2. The van der Waals surface area contributed by atoms with Gasteiger partial charge in [0.2, 0.25) is 0 Å². The molecule has 0 radical (unpaired) electrons. The Morgan fingerprint density at radius 3 is 2.50 bits per heavy atom. The quantitative estimate of drug-likeness (QED) is 0.523. The van der Waals surface area contributed by atoms with Crippen LogP contribution in [0.15, 0.2) is 10.5 Å². The highest BCUT2D eigenvalue weighted by atomic mass is 16.3. The number of unbranched alkanes of at least 4 members (excludes halogenated alkanes) is 4. The average Bonchev–Trinajstić information content (AvgIpc) is 2.81. The van der Waals surface area contributed by atoms with Gasteiger partial charge in [0.15, 0.2) is 5.78 Å². The molecule has 0 bridgehead atoms. The number of hydrogen-bond acceptors (Lipinski definition) is 4. The number of ketones is 1. The molecule has 1 heterocycles. The van der Waals surface area contributed by atoms with Crippen LogP contribution in [0.2, 0.25) is 0 Å². The van der Waals surface area contributed by atoms with Crippen LogP contribution in [-0.2, 0) is 13.1 Å². The van der Waals surface area contributed by atoms with Crippen molar-refractivity contribution in [2.45, 2.75) is 58.5 Å². The van der Waals surface area contributed by atoms with Gasteiger partial charge in [-0.25, -0.2) is 0 Å². The van der Waals surface area contributed by atoms with Gasteiger partial charge in [0, 0.05) is 6.42 Å². The van der Waals surface area contributed by atoms with Crippen LogP contribution in [0, 0.1) is 0 Å². The molecule has 0 fully saturated rings. The minimum Gasteiger partial charge on any atom is -0.463 e. The van der Waals surface area contributed by atoms with Gasteiger partial charge in [0.25, 0.3) is 0 Å². The molecule has 18 heavy (non-hydrogen) atoms. The number of Topliss-reactive ketones (excluding diaryl/α,β-unsaturated/α-hetero) is 1. The van der Waals surface area contributed by atoms with Crippen LogP contribution in [0.1, 0.15) is 67.3 Å². The summed E-state index contributed by atoms with van der Waals surface area (Å²) in [5.74, 6) is 1.31. The molecule has 1 aromatic rings. The second-order valence-electron chi connectivity index (χ2n) is 4.55. The van der Waals surface area contributed by atoms with Gasteiger partial charge in [-0.05, 0) is 12.5 Å². The molecule has 0 aliphatic rings. The Bertz CT molecular complexity index is 372. The lowest BCUT2D eigenvalue weighted by Crippen LogP contribution is -2.04. The Kier molecular flexibility index (Phi) is 6.68. The van der Waals surface area contributed by atoms with Gasteiger partial charge in [-0.1, -0.05) is 32.6 Å². The standard InChI is InChI=1S/C14H24N2O2/c1-2-3-4-5-6-7-13(17)12-8-11(9-15)18-14(12)10-16/h8H,2-7,9-10,15-16H2,1H3. The van der Waals surface area contributed by atoms with E-state index in [1.54, 1.807) is 6.07 Å². The third-order valence-corrected chi connectivity index (χ3v) is 3.05. The highest BCUT2D eigenvalue weighted by molar-refractivity contribution is 5.97. The summed E-state index contributed by atoms with van der Waals surface area (Å²) in [4.78, 5) is 12.0. The smallest absolute Gasteiger partial charge is 0.166 e. The Labute approximate surface area is 109 Å². The van der Waals surface area contributed by atoms with Crippen molar-refractivity contribution in [2.75, 3.05) is 0 Å². The van der Waals surface area contributed by atoms with E-state index in [4.69, 9.17) is 15.9 Å². The molecule has 4 N–H and O–H groups in total. The molecule has 0 saturated carbocycles. The van der Waals surface area contributed by atoms with Crippen molar-refractivity contribution in [3.8, 4) is 0 Å². The lowest BCUT2D eigenvalue weighted by molar-refractivity contribution is 0.0977. The number of rotatable bonds is 9. The maximum absolute atomic E-state index is 12.0. The summed E-state index contributed by atoms with van der Waals surface area (Å²) >= 11 is 0. The molecule has 102 valence electrons. The molecule has 0 amide bonds. The largest absolute Gasteiger partial charge is 0.463 e.